The Morgan fingerprint density at radius 2 is 1.77 bits per heavy atom. The topological polar surface area (TPSA) is 79.5 Å². The standard InChI is InChI=1S/C20H25N3O3/c1-13(2)16-7-5-6-8-17(16)21-12-20(25)23-18-11-15(22-14(3)24)9-10-19(18)26-4/h5-11,13,21H,12H2,1-4H3,(H,22,24)(H,23,25). The molecule has 6 nitrogen and oxygen atoms in total. The lowest BCUT2D eigenvalue weighted by atomic mass is 10.0. The van der Waals surface area contributed by atoms with Crippen molar-refractivity contribution >= 4 is 28.9 Å². The number of nitrogens with one attached hydrogen (secondary N) is 3. The molecule has 0 atom stereocenters. The van der Waals surface area contributed by atoms with Gasteiger partial charge >= 0.3 is 0 Å². The summed E-state index contributed by atoms with van der Waals surface area (Å²) in [6.07, 6.45) is 0. The van der Waals surface area contributed by atoms with Crippen molar-refractivity contribution in [1.82, 2.24) is 0 Å². The van der Waals surface area contributed by atoms with E-state index >= 15 is 0 Å². The fourth-order valence-electron chi connectivity index (χ4n) is 2.62. The van der Waals surface area contributed by atoms with Crippen molar-refractivity contribution in [1.29, 1.82) is 0 Å². The second-order valence-electron chi connectivity index (χ2n) is 6.24. The molecule has 0 aliphatic rings. The Kier molecular flexibility index (Phi) is 6.60. The predicted molar refractivity (Wildman–Crippen MR) is 105 cm³/mol. The number of para-hydroxylation sites is 1. The Morgan fingerprint density at radius 1 is 1.04 bits per heavy atom. The summed E-state index contributed by atoms with van der Waals surface area (Å²) in [4.78, 5) is 23.6. The van der Waals surface area contributed by atoms with E-state index in [0.29, 0.717) is 23.0 Å². The molecule has 0 spiro atoms. The van der Waals surface area contributed by atoms with Crippen LogP contribution in [0.2, 0.25) is 0 Å². The number of amides is 2. The monoisotopic (exact) mass is 355 g/mol. The minimum absolute atomic E-state index is 0.122. The molecular weight excluding hydrogens is 330 g/mol. The third-order valence-electron chi connectivity index (χ3n) is 3.82. The van der Waals surface area contributed by atoms with E-state index in [1.165, 1.54) is 14.0 Å². The third-order valence-corrected chi connectivity index (χ3v) is 3.82. The highest BCUT2D eigenvalue weighted by atomic mass is 16.5. The van der Waals surface area contributed by atoms with Crippen molar-refractivity contribution in [2.75, 3.05) is 29.6 Å². The molecule has 0 saturated carbocycles. The maximum atomic E-state index is 12.4. The Morgan fingerprint density at radius 3 is 2.42 bits per heavy atom. The largest absolute Gasteiger partial charge is 0.495 e. The Labute approximate surface area is 153 Å². The van der Waals surface area contributed by atoms with Gasteiger partial charge in [0.1, 0.15) is 5.75 Å². The summed E-state index contributed by atoms with van der Waals surface area (Å²) >= 11 is 0. The van der Waals surface area contributed by atoms with E-state index in [1.54, 1.807) is 18.2 Å². The number of methoxy groups -OCH3 is 1. The molecule has 0 heterocycles. The molecule has 26 heavy (non-hydrogen) atoms. The van der Waals surface area contributed by atoms with Gasteiger partial charge in [0.05, 0.1) is 19.3 Å². The summed E-state index contributed by atoms with van der Waals surface area (Å²) in [6, 6.07) is 13.0. The van der Waals surface area contributed by atoms with Crippen LogP contribution in [0, 0.1) is 0 Å². The Balaban J connectivity index is 2.07. The van der Waals surface area contributed by atoms with E-state index in [9.17, 15) is 9.59 Å². The molecule has 6 heteroatoms. The van der Waals surface area contributed by atoms with Gasteiger partial charge in [-0.25, -0.2) is 0 Å². The molecule has 3 N–H and O–H groups in total. The molecule has 2 amide bonds. The first-order valence-corrected chi connectivity index (χ1v) is 8.49. The number of ether oxygens (including phenoxy) is 1. The van der Waals surface area contributed by atoms with Gasteiger partial charge in [0, 0.05) is 18.3 Å². The van der Waals surface area contributed by atoms with Gasteiger partial charge in [0.2, 0.25) is 11.8 Å². The number of carbonyl (C=O) groups excluding carboxylic acids is 2. The van der Waals surface area contributed by atoms with E-state index < -0.39 is 0 Å². The first-order valence-electron chi connectivity index (χ1n) is 8.49. The Hall–Kier alpha value is -3.02. The van der Waals surface area contributed by atoms with Crippen molar-refractivity contribution in [3.63, 3.8) is 0 Å². The van der Waals surface area contributed by atoms with Crippen LogP contribution in [0.15, 0.2) is 42.5 Å². The Bertz CT molecular complexity index is 788. The summed E-state index contributed by atoms with van der Waals surface area (Å²) < 4.78 is 5.27. The average molecular weight is 355 g/mol. The first-order chi connectivity index (χ1) is 12.4. The van der Waals surface area contributed by atoms with Crippen LogP contribution in [-0.4, -0.2) is 25.5 Å². The lowest BCUT2D eigenvalue weighted by Gasteiger charge is -2.15. The van der Waals surface area contributed by atoms with Crippen LogP contribution in [-0.2, 0) is 9.59 Å². The number of anilines is 3. The second-order valence-corrected chi connectivity index (χ2v) is 6.24. The van der Waals surface area contributed by atoms with Crippen LogP contribution in [0.5, 0.6) is 5.75 Å². The van der Waals surface area contributed by atoms with Crippen LogP contribution < -0.4 is 20.7 Å². The summed E-state index contributed by atoms with van der Waals surface area (Å²) in [6.45, 7) is 5.77. The number of benzene rings is 2. The summed E-state index contributed by atoms with van der Waals surface area (Å²) in [7, 11) is 1.53. The van der Waals surface area contributed by atoms with E-state index in [4.69, 9.17) is 4.74 Å². The molecule has 2 rings (SSSR count). The molecule has 2 aromatic carbocycles. The first kappa shape index (κ1) is 19.3. The maximum Gasteiger partial charge on any atom is 0.243 e. The second kappa shape index (κ2) is 8.89. The molecule has 0 aromatic heterocycles. The van der Waals surface area contributed by atoms with Crippen LogP contribution >= 0.6 is 0 Å². The molecule has 0 aliphatic heterocycles. The van der Waals surface area contributed by atoms with Crippen LogP contribution in [0.4, 0.5) is 17.1 Å². The molecule has 2 aromatic rings. The fraction of sp³-hybridized carbons (Fsp3) is 0.300. The van der Waals surface area contributed by atoms with Gasteiger partial charge in [-0.15, -0.1) is 0 Å². The number of rotatable bonds is 7. The number of hydrogen-bond acceptors (Lipinski definition) is 4. The predicted octanol–water partition coefficient (Wildman–Crippen LogP) is 3.83. The van der Waals surface area contributed by atoms with Crippen molar-refractivity contribution in [3.05, 3.63) is 48.0 Å². The highest BCUT2D eigenvalue weighted by molar-refractivity contribution is 5.97. The summed E-state index contributed by atoms with van der Waals surface area (Å²) in [5.74, 6) is 0.493. The van der Waals surface area contributed by atoms with Crippen LogP contribution in [0.1, 0.15) is 32.3 Å². The molecule has 0 bridgehead atoms. The van der Waals surface area contributed by atoms with Gasteiger partial charge in [0.25, 0.3) is 0 Å². The molecule has 0 saturated heterocycles. The maximum absolute atomic E-state index is 12.4. The molecule has 0 radical (unpaired) electrons. The highest BCUT2D eigenvalue weighted by Gasteiger charge is 2.11. The van der Waals surface area contributed by atoms with Crippen molar-refractivity contribution in [2.45, 2.75) is 26.7 Å². The van der Waals surface area contributed by atoms with Crippen molar-refractivity contribution in [3.8, 4) is 5.75 Å². The lowest BCUT2D eigenvalue weighted by Crippen LogP contribution is -2.22. The number of hydrogen-bond donors (Lipinski definition) is 3. The lowest BCUT2D eigenvalue weighted by molar-refractivity contribution is -0.115. The van der Waals surface area contributed by atoms with Gasteiger partial charge in [-0.3, -0.25) is 9.59 Å². The zero-order valence-electron chi connectivity index (χ0n) is 15.6. The van der Waals surface area contributed by atoms with E-state index in [1.807, 2.05) is 24.3 Å². The molecule has 0 fully saturated rings. The van der Waals surface area contributed by atoms with Crippen LogP contribution in [0.3, 0.4) is 0 Å². The van der Waals surface area contributed by atoms with Gasteiger partial charge in [-0.05, 0) is 35.7 Å². The molecular formula is C20H25N3O3. The normalized spacial score (nSPS) is 10.3. The minimum atomic E-state index is -0.207. The zero-order chi connectivity index (χ0) is 19.1. The number of carbonyl (C=O) groups is 2. The zero-order valence-corrected chi connectivity index (χ0v) is 15.6. The van der Waals surface area contributed by atoms with Gasteiger partial charge in [0.15, 0.2) is 0 Å². The smallest absolute Gasteiger partial charge is 0.243 e. The SMILES string of the molecule is COc1ccc(NC(C)=O)cc1NC(=O)CNc1ccccc1C(C)C. The van der Waals surface area contributed by atoms with Gasteiger partial charge in [-0.2, -0.15) is 0 Å². The van der Waals surface area contributed by atoms with Crippen LogP contribution in [0.25, 0.3) is 0 Å². The highest BCUT2D eigenvalue weighted by Crippen LogP contribution is 2.28. The van der Waals surface area contributed by atoms with E-state index in [2.05, 4.69) is 29.8 Å². The van der Waals surface area contributed by atoms with E-state index in [-0.39, 0.29) is 18.4 Å². The third kappa shape index (κ3) is 5.24. The molecule has 0 aliphatic carbocycles. The summed E-state index contributed by atoms with van der Waals surface area (Å²) in [5.41, 5.74) is 3.19. The quantitative estimate of drug-likeness (QED) is 0.705. The average Bonchev–Trinajstić information content (AvgIpc) is 2.60. The van der Waals surface area contributed by atoms with Gasteiger partial charge < -0.3 is 20.7 Å². The molecule has 0 unspecified atom stereocenters. The minimum Gasteiger partial charge on any atom is -0.495 e. The van der Waals surface area contributed by atoms with Crippen molar-refractivity contribution < 1.29 is 14.3 Å². The summed E-state index contributed by atoms with van der Waals surface area (Å²) in [5, 5.41) is 8.68. The van der Waals surface area contributed by atoms with Gasteiger partial charge in [-0.1, -0.05) is 32.0 Å². The van der Waals surface area contributed by atoms with Crippen molar-refractivity contribution in [2.24, 2.45) is 0 Å². The van der Waals surface area contributed by atoms with E-state index in [0.717, 1.165) is 11.3 Å². The fourth-order valence-corrected chi connectivity index (χ4v) is 2.62. The molecule has 138 valence electrons.